The molecule has 0 bridgehead atoms. The topological polar surface area (TPSA) is 95.9 Å². The van der Waals surface area contributed by atoms with Crippen LogP contribution in [0.1, 0.15) is 399 Å². The maximum atomic E-state index is 12.4. The summed E-state index contributed by atoms with van der Waals surface area (Å²) in [5.41, 5.74) is 0. The summed E-state index contributed by atoms with van der Waals surface area (Å²) in [5, 5.41) is 23.1. The summed E-state index contributed by atoms with van der Waals surface area (Å²) in [6.07, 6.45) is 89.8. The highest BCUT2D eigenvalue weighted by atomic mass is 16.5. The number of hydrogen-bond acceptors (Lipinski definition) is 5. The van der Waals surface area contributed by atoms with Gasteiger partial charge in [-0.2, -0.15) is 0 Å². The molecule has 80 heavy (non-hydrogen) atoms. The van der Waals surface area contributed by atoms with Crippen molar-refractivity contribution in [3.63, 3.8) is 0 Å². The van der Waals surface area contributed by atoms with E-state index in [-0.39, 0.29) is 18.5 Å². The second kappa shape index (κ2) is 69.6. The molecule has 0 aliphatic carbocycles. The smallest absolute Gasteiger partial charge is 0.305 e. The predicted molar refractivity (Wildman–Crippen MR) is 352 cm³/mol. The van der Waals surface area contributed by atoms with Crippen LogP contribution in [0.5, 0.6) is 0 Å². The number of ether oxygens (including phenoxy) is 1. The molecule has 0 spiro atoms. The van der Waals surface area contributed by atoms with Crippen LogP contribution in [-0.2, 0) is 14.3 Å². The summed E-state index contributed by atoms with van der Waals surface area (Å²) in [6.45, 7) is 4.85. The predicted octanol–water partition coefficient (Wildman–Crippen LogP) is 23.5. The molecular weight excluding hydrogens is 983 g/mol. The van der Waals surface area contributed by atoms with Gasteiger partial charge in [0.05, 0.1) is 25.4 Å². The van der Waals surface area contributed by atoms with Crippen molar-refractivity contribution in [1.29, 1.82) is 0 Å². The van der Waals surface area contributed by atoms with Crippen molar-refractivity contribution < 1.29 is 24.5 Å². The fourth-order valence-corrected chi connectivity index (χ4v) is 11.4. The van der Waals surface area contributed by atoms with Crippen molar-refractivity contribution in [2.24, 2.45) is 0 Å². The van der Waals surface area contributed by atoms with Crippen molar-refractivity contribution in [1.82, 2.24) is 5.32 Å². The van der Waals surface area contributed by atoms with Crippen molar-refractivity contribution >= 4 is 11.9 Å². The highest BCUT2D eigenvalue weighted by molar-refractivity contribution is 5.76. The van der Waals surface area contributed by atoms with Gasteiger partial charge in [-0.3, -0.25) is 9.59 Å². The molecule has 472 valence electrons. The largest absolute Gasteiger partial charge is 0.466 e. The Balaban J connectivity index is 3.28. The summed E-state index contributed by atoms with van der Waals surface area (Å²) in [4.78, 5) is 24.5. The SMILES string of the molecule is CCC/C=C\C/C=C\CCCCCCCC(=O)OCCCCCCCCCCCCCCCCCCCCCCCCCCCCCCCCCCCCCCCCCC(=O)NC(CO)C(O)/C=C/CCCCCCCCCCC. The Hall–Kier alpha value is -1.92. The zero-order chi connectivity index (χ0) is 57.8. The third-order valence-electron chi connectivity index (χ3n) is 16.9. The van der Waals surface area contributed by atoms with Crippen molar-refractivity contribution in [3.05, 3.63) is 36.5 Å². The molecule has 0 aromatic heterocycles. The Morgan fingerprint density at radius 3 is 1.00 bits per heavy atom. The van der Waals surface area contributed by atoms with Gasteiger partial charge >= 0.3 is 5.97 Å². The summed E-state index contributed by atoms with van der Waals surface area (Å²) < 4.78 is 5.48. The third-order valence-corrected chi connectivity index (χ3v) is 16.9. The first-order valence-corrected chi connectivity index (χ1v) is 36.3. The molecule has 2 atom stereocenters. The molecule has 6 heteroatoms. The fraction of sp³-hybridized carbons (Fsp3) is 0.892. The van der Waals surface area contributed by atoms with E-state index in [1.54, 1.807) is 6.08 Å². The quantitative estimate of drug-likeness (QED) is 0.0320. The maximum Gasteiger partial charge on any atom is 0.305 e. The van der Waals surface area contributed by atoms with Gasteiger partial charge in [-0.25, -0.2) is 0 Å². The lowest BCUT2D eigenvalue weighted by Crippen LogP contribution is -2.45. The number of esters is 1. The molecule has 2 unspecified atom stereocenters. The Morgan fingerprint density at radius 2 is 0.650 bits per heavy atom. The number of hydrogen-bond donors (Lipinski definition) is 3. The Morgan fingerprint density at radius 1 is 0.350 bits per heavy atom. The first-order valence-electron chi connectivity index (χ1n) is 36.3. The minimum absolute atomic E-state index is 0.00859. The second-order valence-electron chi connectivity index (χ2n) is 24.9. The molecule has 0 aromatic rings. The van der Waals surface area contributed by atoms with Gasteiger partial charge in [0.1, 0.15) is 0 Å². The lowest BCUT2D eigenvalue weighted by Gasteiger charge is -2.20. The van der Waals surface area contributed by atoms with E-state index in [1.807, 2.05) is 6.08 Å². The average Bonchev–Trinajstić information content (AvgIpc) is 3.46. The highest BCUT2D eigenvalue weighted by Crippen LogP contribution is 2.19. The van der Waals surface area contributed by atoms with Gasteiger partial charge in [-0.1, -0.05) is 365 Å². The van der Waals surface area contributed by atoms with E-state index in [1.165, 1.54) is 321 Å². The Kier molecular flexibility index (Phi) is 67.9. The molecule has 6 nitrogen and oxygen atoms in total. The molecule has 1 amide bonds. The van der Waals surface area contributed by atoms with Crippen molar-refractivity contribution in [2.45, 2.75) is 411 Å². The Labute approximate surface area is 500 Å². The van der Waals surface area contributed by atoms with E-state index in [2.05, 4.69) is 43.5 Å². The molecule has 0 aliphatic rings. The molecule has 0 saturated carbocycles. The first-order chi connectivity index (χ1) is 39.5. The van der Waals surface area contributed by atoms with Crippen molar-refractivity contribution in [3.8, 4) is 0 Å². The highest BCUT2D eigenvalue weighted by Gasteiger charge is 2.18. The standard InChI is InChI=1S/C74H141NO5/c1-3-5-7-9-11-13-15-43-48-52-56-60-64-68-74(79)80-69-65-61-57-53-49-45-42-40-38-36-34-32-30-28-26-24-22-20-18-16-17-19-21-23-25-27-29-31-33-35-37-39-41-44-47-51-55-59-63-67-73(78)75-71(70-76)72(77)66-62-58-54-50-46-14-12-10-8-6-4-2/h7,9,13,15,62,66,71-72,76-77H,3-6,8,10-12,14,16-61,63-65,67-70H2,1-2H3,(H,75,78)/b9-7-,15-13-,66-62+. The number of carbonyl (C=O) groups is 2. The lowest BCUT2D eigenvalue weighted by molar-refractivity contribution is -0.143. The van der Waals surface area contributed by atoms with E-state index in [4.69, 9.17) is 4.74 Å². The van der Waals surface area contributed by atoms with Gasteiger partial charge in [0.15, 0.2) is 0 Å². The van der Waals surface area contributed by atoms with Crippen LogP contribution in [0.4, 0.5) is 0 Å². The van der Waals surface area contributed by atoms with Gasteiger partial charge < -0.3 is 20.3 Å². The summed E-state index contributed by atoms with van der Waals surface area (Å²) >= 11 is 0. The number of carbonyl (C=O) groups excluding carboxylic acids is 2. The zero-order valence-electron chi connectivity index (χ0n) is 54.1. The minimum atomic E-state index is -0.838. The summed E-state index contributed by atoms with van der Waals surface area (Å²) in [5.74, 6) is -0.0530. The number of allylic oxidation sites excluding steroid dienone is 5. The van der Waals surface area contributed by atoms with E-state index in [0.29, 0.717) is 19.4 Å². The van der Waals surface area contributed by atoms with Crippen LogP contribution in [0.15, 0.2) is 36.5 Å². The van der Waals surface area contributed by atoms with Crippen LogP contribution in [0.3, 0.4) is 0 Å². The normalized spacial score (nSPS) is 12.7. The van der Waals surface area contributed by atoms with Crippen LogP contribution >= 0.6 is 0 Å². The van der Waals surface area contributed by atoms with Gasteiger partial charge in [-0.15, -0.1) is 0 Å². The zero-order valence-corrected chi connectivity index (χ0v) is 54.1. The molecule has 0 aliphatic heterocycles. The maximum absolute atomic E-state index is 12.4. The van der Waals surface area contributed by atoms with Crippen LogP contribution in [0, 0.1) is 0 Å². The van der Waals surface area contributed by atoms with Crippen LogP contribution < -0.4 is 5.32 Å². The lowest BCUT2D eigenvalue weighted by atomic mass is 10.0. The monoisotopic (exact) mass is 1120 g/mol. The van der Waals surface area contributed by atoms with Crippen LogP contribution in [-0.4, -0.2) is 47.4 Å². The number of unbranched alkanes of at least 4 members (excludes halogenated alkanes) is 53. The molecule has 0 saturated heterocycles. The number of aliphatic hydroxyl groups excluding tert-OH is 2. The minimum Gasteiger partial charge on any atom is -0.466 e. The number of nitrogens with one attached hydrogen (secondary N) is 1. The molecule has 0 rings (SSSR count). The molecule has 0 fully saturated rings. The molecule has 0 radical (unpaired) electrons. The molecule has 0 heterocycles. The van der Waals surface area contributed by atoms with Crippen LogP contribution in [0.2, 0.25) is 0 Å². The summed E-state index contributed by atoms with van der Waals surface area (Å²) in [6, 6.07) is -0.621. The number of amides is 1. The van der Waals surface area contributed by atoms with E-state index < -0.39 is 12.1 Å². The van der Waals surface area contributed by atoms with Gasteiger partial charge in [-0.05, 0) is 57.8 Å². The van der Waals surface area contributed by atoms with E-state index in [0.717, 1.165) is 51.4 Å². The van der Waals surface area contributed by atoms with Gasteiger partial charge in [0.25, 0.3) is 0 Å². The van der Waals surface area contributed by atoms with Gasteiger partial charge in [0, 0.05) is 12.8 Å². The van der Waals surface area contributed by atoms with Crippen LogP contribution in [0.25, 0.3) is 0 Å². The number of rotatable bonds is 68. The average molecular weight is 1120 g/mol. The second-order valence-corrected chi connectivity index (χ2v) is 24.9. The molecule has 3 N–H and O–H groups in total. The third kappa shape index (κ3) is 65.2. The Bertz CT molecular complexity index is 1300. The first kappa shape index (κ1) is 78.1. The van der Waals surface area contributed by atoms with Crippen molar-refractivity contribution in [2.75, 3.05) is 13.2 Å². The summed E-state index contributed by atoms with van der Waals surface area (Å²) in [7, 11) is 0. The fourth-order valence-electron chi connectivity index (χ4n) is 11.4. The molecule has 0 aromatic carbocycles. The molecular formula is C74H141NO5. The van der Waals surface area contributed by atoms with E-state index >= 15 is 0 Å². The van der Waals surface area contributed by atoms with E-state index in [9.17, 15) is 19.8 Å². The number of aliphatic hydroxyl groups is 2. The van der Waals surface area contributed by atoms with Gasteiger partial charge in [0.2, 0.25) is 5.91 Å².